The van der Waals surface area contributed by atoms with Gasteiger partial charge in [-0.1, -0.05) is 42.5 Å². The summed E-state index contributed by atoms with van der Waals surface area (Å²) in [5.41, 5.74) is 3.10. The Kier molecular flexibility index (Phi) is 12.1. The highest BCUT2D eigenvalue weighted by molar-refractivity contribution is 7.99. The lowest BCUT2D eigenvalue weighted by Crippen LogP contribution is -2.44. The Morgan fingerprint density at radius 2 is 1.70 bits per heavy atom. The highest BCUT2D eigenvalue weighted by atomic mass is 32.2. The van der Waals surface area contributed by atoms with Crippen molar-refractivity contribution in [2.75, 3.05) is 26.2 Å². The predicted molar refractivity (Wildman–Crippen MR) is 131 cm³/mol. The summed E-state index contributed by atoms with van der Waals surface area (Å²) in [6, 6.07) is 15.8. The number of carbonyl (C=O) groups excluding carboxylic acids is 1. The number of benzene rings is 2. The van der Waals surface area contributed by atoms with Crippen molar-refractivity contribution in [3.05, 3.63) is 70.8 Å². The van der Waals surface area contributed by atoms with E-state index in [0.717, 1.165) is 23.3 Å². The van der Waals surface area contributed by atoms with E-state index in [1.165, 1.54) is 0 Å². The third kappa shape index (κ3) is 8.53. The predicted octanol–water partition coefficient (Wildman–Crippen LogP) is 3.24. The molecule has 0 heterocycles. The smallest absolute Gasteiger partial charge is 0.364 e. The van der Waals surface area contributed by atoms with E-state index in [9.17, 15) is 20.1 Å². The summed E-state index contributed by atoms with van der Waals surface area (Å²) in [5.74, 6) is 0.484. The van der Waals surface area contributed by atoms with Crippen molar-refractivity contribution in [2.45, 2.75) is 44.0 Å². The Hall–Kier alpha value is -1.72. The van der Waals surface area contributed by atoms with Gasteiger partial charge in [0.15, 0.2) is 0 Å². The summed E-state index contributed by atoms with van der Waals surface area (Å²) in [4.78, 5) is 12.6. The van der Waals surface area contributed by atoms with Crippen molar-refractivity contribution in [3.63, 3.8) is 0 Å². The number of ether oxygens (including phenoxy) is 1. The molecular formula is C24H34O7SSi. The largest absolute Gasteiger partial charge is 0.461 e. The van der Waals surface area contributed by atoms with E-state index in [1.54, 1.807) is 44.2 Å². The standard InChI is InChI=1S/C24H34O7SSi/c1-29-33(18-27,30-2)12-6-11-32-23(20-7-4-3-5-8-20)14-24(28)31-17-19-9-10-21(15-25)22(13-19)16-26/h3-5,7-10,13,23,25-27H,6,11-12,14-18H2,1-2H3. The van der Waals surface area contributed by atoms with Crippen LogP contribution < -0.4 is 0 Å². The van der Waals surface area contributed by atoms with Crippen molar-refractivity contribution in [1.82, 2.24) is 0 Å². The summed E-state index contributed by atoms with van der Waals surface area (Å²) in [7, 11) is 0.596. The van der Waals surface area contributed by atoms with Gasteiger partial charge in [-0.2, -0.15) is 11.8 Å². The van der Waals surface area contributed by atoms with E-state index in [2.05, 4.69) is 0 Å². The molecule has 33 heavy (non-hydrogen) atoms. The molecule has 2 aromatic carbocycles. The first-order chi connectivity index (χ1) is 16.0. The Labute approximate surface area is 201 Å². The van der Waals surface area contributed by atoms with E-state index < -0.39 is 8.56 Å². The topological polar surface area (TPSA) is 105 Å². The monoisotopic (exact) mass is 494 g/mol. The number of carbonyl (C=O) groups is 1. The van der Waals surface area contributed by atoms with Crippen LogP contribution in [0.2, 0.25) is 6.04 Å². The van der Waals surface area contributed by atoms with Crippen molar-refractivity contribution in [2.24, 2.45) is 0 Å². The second kappa shape index (κ2) is 14.5. The lowest BCUT2D eigenvalue weighted by atomic mass is 10.1. The van der Waals surface area contributed by atoms with Gasteiger partial charge >= 0.3 is 14.5 Å². The molecule has 2 aromatic rings. The van der Waals surface area contributed by atoms with Gasteiger partial charge in [-0.15, -0.1) is 0 Å². The second-order valence-corrected chi connectivity index (χ2v) is 12.4. The van der Waals surface area contributed by atoms with Gasteiger partial charge in [0, 0.05) is 19.5 Å². The summed E-state index contributed by atoms with van der Waals surface area (Å²) in [5, 5.41) is 28.3. The van der Waals surface area contributed by atoms with Gasteiger partial charge in [0.05, 0.1) is 25.9 Å². The van der Waals surface area contributed by atoms with Crippen LogP contribution in [-0.2, 0) is 38.2 Å². The first-order valence-corrected chi connectivity index (χ1v) is 14.1. The second-order valence-electron chi connectivity index (χ2n) is 7.63. The molecular weight excluding hydrogens is 460 g/mol. The Bertz CT molecular complexity index is 838. The van der Waals surface area contributed by atoms with E-state index in [-0.39, 0.29) is 43.7 Å². The zero-order chi connectivity index (χ0) is 24.1. The molecule has 0 aliphatic carbocycles. The summed E-state index contributed by atoms with van der Waals surface area (Å²) in [6.45, 7) is -0.227. The summed E-state index contributed by atoms with van der Waals surface area (Å²) < 4.78 is 16.4. The molecule has 0 radical (unpaired) electrons. The van der Waals surface area contributed by atoms with Crippen molar-refractivity contribution in [1.29, 1.82) is 0 Å². The Morgan fingerprint density at radius 3 is 2.30 bits per heavy atom. The fourth-order valence-corrected chi connectivity index (χ4v) is 6.61. The van der Waals surface area contributed by atoms with Crippen LogP contribution in [0.15, 0.2) is 48.5 Å². The molecule has 3 N–H and O–H groups in total. The molecule has 9 heteroatoms. The van der Waals surface area contributed by atoms with Gasteiger partial charge < -0.3 is 28.9 Å². The number of rotatable bonds is 15. The molecule has 0 spiro atoms. The quantitative estimate of drug-likeness (QED) is 0.197. The molecule has 0 amide bonds. The maximum Gasteiger partial charge on any atom is 0.364 e. The van der Waals surface area contributed by atoms with Crippen LogP contribution in [0.25, 0.3) is 0 Å². The highest BCUT2D eigenvalue weighted by Crippen LogP contribution is 2.34. The van der Waals surface area contributed by atoms with Crippen molar-refractivity contribution < 1.29 is 33.7 Å². The van der Waals surface area contributed by atoms with Gasteiger partial charge in [-0.25, -0.2) is 0 Å². The third-order valence-corrected chi connectivity index (χ3v) is 9.99. The lowest BCUT2D eigenvalue weighted by Gasteiger charge is -2.25. The van der Waals surface area contributed by atoms with Crippen LogP contribution >= 0.6 is 11.8 Å². The third-order valence-electron chi connectivity index (χ3n) is 5.54. The molecule has 7 nitrogen and oxygen atoms in total. The SMILES string of the molecule is CO[Si](CO)(CCCSC(CC(=O)OCc1ccc(CO)c(CO)c1)c1ccccc1)OC. The van der Waals surface area contributed by atoms with Crippen LogP contribution in [0.5, 0.6) is 0 Å². The lowest BCUT2D eigenvalue weighted by molar-refractivity contribution is -0.144. The van der Waals surface area contributed by atoms with E-state index in [1.807, 2.05) is 30.3 Å². The number of thioether (sulfide) groups is 1. The van der Waals surface area contributed by atoms with Gasteiger partial charge in [0.1, 0.15) is 6.61 Å². The Morgan fingerprint density at radius 1 is 1.00 bits per heavy atom. The zero-order valence-corrected chi connectivity index (χ0v) is 21.1. The average Bonchev–Trinajstić information content (AvgIpc) is 2.87. The van der Waals surface area contributed by atoms with Crippen LogP contribution in [0.3, 0.4) is 0 Å². The molecule has 1 unspecified atom stereocenters. The maximum atomic E-state index is 12.6. The van der Waals surface area contributed by atoms with Crippen molar-refractivity contribution >= 4 is 26.3 Å². The summed E-state index contributed by atoms with van der Waals surface area (Å²) >= 11 is 1.68. The molecule has 0 fully saturated rings. The molecule has 182 valence electrons. The van der Waals surface area contributed by atoms with E-state index >= 15 is 0 Å². The highest BCUT2D eigenvalue weighted by Gasteiger charge is 2.34. The minimum absolute atomic E-state index is 0.0567. The normalized spacial score (nSPS) is 12.5. The molecule has 0 saturated carbocycles. The number of hydrogen-bond donors (Lipinski definition) is 3. The van der Waals surface area contributed by atoms with Crippen molar-refractivity contribution in [3.8, 4) is 0 Å². The van der Waals surface area contributed by atoms with Gasteiger partial charge in [-0.05, 0) is 46.5 Å². The number of aliphatic hydroxyl groups is 3. The van der Waals surface area contributed by atoms with Crippen LogP contribution in [0, 0.1) is 0 Å². The average molecular weight is 495 g/mol. The van der Waals surface area contributed by atoms with Crippen LogP contribution in [-0.4, -0.2) is 56.1 Å². The van der Waals surface area contributed by atoms with E-state index in [0.29, 0.717) is 17.2 Å². The minimum Gasteiger partial charge on any atom is -0.461 e. The van der Waals surface area contributed by atoms with Crippen LogP contribution in [0.4, 0.5) is 0 Å². The fourth-order valence-electron chi connectivity index (χ4n) is 3.45. The molecule has 0 aliphatic rings. The maximum absolute atomic E-state index is 12.6. The van der Waals surface area contributed by atoms with Gasteiger partial charge in [-0.3, -0.25) is 4.79 Å². The number of esters is 1. The molecule has 0 aliphatic heterocycles. The Balaban J connectivity index is 1.94. The summed E-state index contributed by atoms with van der Waals surface area (Å²) in [6.07, 6.45) is 0.947. The molecule has 1 atom stereocenters. The van der Waals surface area contributed by atoms with Gasteiger partial charge in [0.2, 0.25) is 0 Å². The molecule has 2 rings (SSSR count). The van der Waals surface area contributed by atoms with E-state index in [4.69, 9.17) is 13.6 Å². The molecule has 0 saturated heterocycles. The first kappa shape index (κ1) is 27.5. The molecule has 0 aromatic heterocycles. The number of hydrogen-bond acceptors (Lipinski definition) is 8. The minimum atomic E-state index is -2.55. The number of aliphatic hydroxyl groups excluding tert-OH is 3. The first-order valence-electron chi connectivity index (χ1n) is 10.9. The van der Waals surface area contributed by atoms with Gasteiger partial charge in [0.25, 0.3) is 0 Å². The van der Waals surface area contributed by atoms with Crippen LogP contribution in [0.1, 0.15) is 40.3 Å². The fraction of sp³-hybridized carbons (Fsp3) is 0.458. The molecule has 0 bridgehead atoms. The zero-order valence-electron chi connectivity index (χ0n) is 19.2.